The Labute approximate surface area is 173 Å². The number of imidazole rings is 1. The molecule has 0 spiro atoms. The van der Waals surface area contributed by atoms with Crippen LogP contribution in [0.4, 0.5) is 9.18 Å². The van der Waals surface area contributed by atoms with Gasteiger partial charge >= 0.3 is 12.0 Å². The van der Waals surface area contributed by atoms with Gasteiger partial charge in [0.25, 0.3) is 0 Å². The van der Waals surface area contributed by atoms with E-state index in [4.69, 9.17) is 16.3 Å². The number of carbonyl (C=O) groups is 2. The highest BCUT2D eigenvalue weighted by atomic mass is 35.5. The molecule has 2 aromatic rings. The summed E-state index contributed by atoms with van der Waals surface area (Å²) in [5, 5.41) is 3.01. The van der Waals surface area contributed by atoms with Gasteiger partial charge in [0.2, 0.25) is 0 Å². The lowest BCUT2D eigenvalue weighted by atomic mass is 9.95. The van der Waals surface area contributed by atoms with Gasteiger partial charge in [0.15, 0.2) is 0 Å². The van der Waals surface area contributed by atoms with E-state index in [0.29, 0.717) is 25.1 Å². The molecule has 1 aliphatic heterocycles. The molecule has 156 valence electrons. The highest BCUT2D eigenvalue weighted by Gasteiger charge is 2.37. The highest BCUT2D eigenvalue weighted by molar-refractivity contribution is 6.30. The number of nitrogens with zero attached hydrogens (tertiary/aromatic N) is 2. The van der Waals surface area contributed by atoms with Gasteiger partial charge in [-0.25, -0.2) is 19.0 Å². The van der Waals surface area contributed by atoms with Crippen molar-refractivity contribution < 1.29 is 18.7 Å². The van der Waals surface area contributed by atoms with Crippen molar-refractivity contribution in [2.75, 3.05) is 13.7 Å². The number of halogens is 2. The highest BCUT2D eigenvalue weighted by Crippen LogP contribution is 2.35. The molecule has 0 radical (unpaired) electrons. The fourth-order valence-electron chi connectivity index (χ4n) is 3.59. The Hall–Kier alpha value is -2.61. The molecule has 0 saturated heterocycles. The van der Waals surface area contributed by atoms with Crippen LogP contribution in [0.25, 0.3) is 0 Å². The number of benzene rings is 1. The van der Waals surface area contributed by atoms with Crippen LogP contribution in [0.15, 0.2) is 24.5 Å². The Morgan fingerprint density at radius 2 is 2.21 bits per heavy atom. The zero-order valence-corrected chi connectivity index (χ0v) is 17.3. The molecule has 9 heteroatoms. The number of hydrogen-bond donors (Lipinski definition) is 2. The lowest BCUT2D eigenvalue weighted by Crippen LogP contribution is -2.51. The van der Waals surface area contributed by atoms with Gasteiger partial charge in [-0.3, -0.25) is 0 Å². The Balaban J connectivity index is 1.93. The number of esters is 1. The Morgan fingerprint density at radius 1 is 1.45 bits per heavy atom. The molecule has 1 aliphatic rings. The number of amides is 2. The van der Waals surface area contributed by atoms with Crippen molar-refractivity contribution in [2.24, 2.45) is 5.92 Å². The zero-order chi connectivity index (χ0) is 21.1. The molecule has 7 nitrogen and oxygen atoms in total. The van der Waals surface area contributed by atoms with Crippen molar-refractivity contribution in [3.8, 4) is 0 Å². The van der Waals surface area contributed by atoms with Gasteiger partial charge in [-0.15, -0.1) is 0 Å². The third kappa shape index (κ3) is 4.53. The summed E-state index contributed by atoms with van der Waals surface area (Å²) in [6.07, 6.45) is 2.50. The Morgan fingerprint density at radius 3 is 2.86 bits per heavy atom. The molecule has 29 heavy (non-hydrogen) atoms. The van der Waals surface area contributed by atoms with Gasteiger partial charge in [-0.05, 0) is 24.5 Å². The second-order valence-corrected chi connectivity index (χ2v) is 7.87. The van der Waals surface area contributed by atoms with Crippen molar-refractivity contribution >= 4 is 23.6 Å². The van der Waals surface area contributed by atoms with Crippen molar-refractivity contribution in [3.63, 3.8) is 0 Å². The van der Waals surface area contributed by atoms with Crippen LogP contribution in [0.3, 0.4) is 0 Å². The topological polar surface area (TPSA) is 87.3 Å². The predicted molar refractivity (Wildman–Crippen MR) is 106 cm³/mol. The number of nitrogens with one attached hydrogen (secondary N) is 2. The van der Waals surface area contributed by atoms with E-state index in [1.165, 1.54) is 24.4 Å². The quantitative estimate of drug-likeness (QED) is 0.722. The molecule has 0 bridgehead atoms. The van der Waals surface area contributed by atoms with Crippen molar-refractivity contribution in [1.82, 2.24) is 20.2 Å². The molecule has 0 saturated carbocycles. The summed E-state index contributed by atoms with van der Waals surface area (Å²) in [6.45, 7) is 4.24. The molecule has 0 fully saturated rings. The van der Waals surface area contributed by atoms with Gasteiger partial charge in [0, 0.05) is 29.2 Å². The maximum atomic E-state index is 14.7. The average Bonchev–Trinajstić information content (AvgIpc) is 3.15. The monoisotopic (exact) mass is 422 g/mol. The number of carbonyl (C=O) groups excluding carboxylic acids is 2. The van der Waals surface area contributed by atoms with Crippen LogP contribution in [0.5, 0.6) is 0 Å². The molecular formula is C20H24ClFN4O3. The maximum Gasteiger partial charge on any atom is 0.328 e. The Kier molecular flexibility index (Phi) is 6.42. The standard InChI is InChI=1S/C20H24ClFN4O3/c1-11(2)8-16(19(27)29-3)25-20(28)26-7-6-15-17(24-10-23-15)18(26)13-5-4-12(21)9-14(13)22/h4-5,9-11,16,18H,6-8H2,1-3H3,(H,23,24)(H,25,28)/t16-,18+/m0/s1. The number of hydrogen-bond acceptors (Lipinski definition) is 4. The zero-order valence-electron chi connectivity index (χ0n) is 16.5. The molecular weight excluding hydrogens is 399 g/mol. The average molecular weight is 423 g/mol. The molecule has 0 unspecified atom stereocenters. The molecule has 1 aromatic heterocycles. The largest absolute Gasteiger partial charge is 0.467 e. The second-order valence-electron chi connectivity index (χ2n) is 7.43. The van der Waals surface area contributed by atoms with E-state index >= 15 is 0 Å². The van der Waals surface area contributed by atoms with E-state index in [0.717, 1.165) is 5.69 Å². The van der Waals surface area contributed by atoms with E-state index in [-0.39, 0.29) is 16.5 Å². The number of ether oxygens (including phenoxy) is 1. The van der Waals surface area contributed by atoms with Gasteiger partial charge in [0.1, 0.15) is 17.9 Å². The van der Waals surface area contributed by atoms with Crippen molar-refractivity contribution in [3.05, 3.63) is 52.3 Å². The number of fused-ring (bicyclic) bond motifs is 1. The van der Waals surface area contributed by atoms with Crippen LogP contribution in [0, 0.1) is 11.7 Å². The summed E-state index contributed by atoms with van der Waals surface area (Å²) in [4.78, 5) is 34.1. The van der Waals surface area contributed by atoms with Crippen LogP contribution in [0.1, 0.15) is 43.3 Å². The summed E-state index contributed by atoms with van der Waals surface area (Å²) in [7, 11) is 1.28. The van der Waals surface area contributed by atoms with Crippen molar-refractivity contribution in [1.29, 1.82) is 0 Å². The van der Waals surface area contributed by atoms with Crippen LogP contribution < -0.4 is 5.32 Å². The van der Waals surface area contributed by atoms with Crippen LogP contribution in [0.2, 0.25) is 5.02 Å². The minimum Gasteiger partial charge on any atom is -0.467 e. The van der Waals surface area contributed by atoms with Gasteiger partial charge < -0.3 is 19.9 Å². The molecule has 2 heterocycles. The summed E-state index contributed by atoms with van der Waals surface area (Å²) in [5.74, 6) is -0.871. The fraction of sp³-hybridized carbons (Fsp3) is 0.450. The van der Waals surface area contributed by atoms with Gasteiger partial charge in [0.05, 0.1) is 19.1 Å². The second kappa shape index (κ2) is 8.82. The normalized spacial score (nSPS) is 17.0. The molecule has 2 amide bonds. The lowest BCUT2D eigenvalue weighted by molar-refractivity contribution is -0.143. The predicted octanol–water partition coefficient (Wildman–Crippen LogP) is 3.45. The summed E-state index contributed by atoms with van der Waals surface area (Å²) < 4.78 is 19.6. The third-order valence-electron chi connectivity index (χ3n) is 4.93. The summed E-state index contributed by atoms with van der Waals surface area (Å²) in [5.41, 5.74) is 1.71. The number of aromatic amines is 1. The molecule has 1 aromatic carbocycles. The number of rotatable bonds is 5. The number of aromatic nitrogens is 2. The van der Waals surface area contributed by atoms with Crippen LogP contribution in [-0.4, -0.2) is 46.6 Å². The molecule has 2 N–H and O–H groups in total. The van der Waals surface area contributed by atoms with Gasteiger partial charge in [-0.2, -0.15) is 0 Å². The van der Waals surface area contributed by atoms with E-state index in [2.05, 4.69) is 15.3 Å². The number of H-pyrrole nitrogens is 1. The molecule has 0 aliphatic carbocycles. The first kappa shape index (κ1) is 21.1. The first-order valence-electron chi connectivity index (χ1n) is 9.43. The molecule has 2 atom stereocenters. The number of urea groups is 1. The van der Waals surface area contributed by atoms with E-state index in [1.807, 2.05) is 13.8 Å². The van der Waals surface area contributed by atoms with Crippen LogP contribution in [-0.2, 0) is 16.0 Å². The van der Waals surface area contributed by atoms with Crippen molar-refractivity contribution in [2.45, 2.75) is 38.8 Å². The minimum atomic E-state index is -0.788. The first-order valence-corrected chi connectivity index (χ1v) is 9.81. The Bertz CT molecular complexity index is 902. The molecule has 3 rings (SSSR count). The fourth-order valence-corrected chi connectivity index (χ4v) is 3.75. The summed E-state index contributed by atoms with van der Waals surface area (Å²) in [6, 6.07) is 2.34. The smallest absolute Gasteiger partial charge is 0.328 e. The number of methoxy groups -OCH3 is 1. The SMILES string of the molecule is COC(=O)[C@H](CC(C)C)NC(=O)N1CCc2[nH]cnc2[C@H]1c1ccc(Cl)cc1F. The van der Waals surface area contributed by atoms with E-state index in [1.54, 1.807) is 12.1 Å². The van der Waals surface area contributed by atoms with Gasteiger partial charge in [-0.1, -0.05) is 31.5 Å². The minimum absolute atomic E-state index is 0.170. The van der Waals surface area contributed by atoms with Crippen LogP contribution >= 0.6 is 11.6 Å². The lowest BCUT2D eigenvalue weighted by Gasteiger charge is -2.36. The van der Waals surface area contributed by atoms with E-state index in [9.17, 15) is 14.0 Å². The summed E-state index contributed by atoms with van der Waals surface area (Å²) >= 11 is 5.90. The van der Waals surface area contributed by atoms with E-state index < -0.39 is 29.9 Å². The maximum absolute atomic E-state index is 14.7. The third-order valence-corrected chi connectivity index (χ3v) is 5.17. The first-order chi connectivity index (χ1) is 13.8.